The third-order valence-electron chi connectivity index (χ3n) is 5.46. The Bertz CT molecular complexity index is 812. The van der Waals surface area contributed by atoms with Gasteiger partial charge in [-0.1, -0.05) is 19.4 Å². The maximum Gasteiger partial charge on any atom is 0.277 e. The second-order valence-corrected chi connectivity index (χ2v) is 7.90. The van der Waals surface area contributed by atoms with Crippen LogP contribution >= 0.6 is 0 Å². The fourth-order valence-electron chi connectivity index (χ4n) is 3.55. The molecule has 2 heterocycles. The highest BCUT2D eigenvalue weighted by molar-refractivity contribution is 6.02. The van der Waals surface area contributed by atoms with Crippen LogP contribution in [0.4, 0.5) is 5.69 Å². The summed E-state index contributed by atoms with van der Waals surface area (Å²) in [6, 6.07) is 5.82. The van der Waals surface area contributed by atoms with Crippen molar-refractivity contribution in [3.63, 3.8) is 0 Å². The Morgan fingerprint density at radius 2 is 1.93 bits per heavy atom. The van der Waals surface area contributed by atoms with Crippen LogP contribution in [0.5, 0.6) is 0 Å². The standard InChI is InChI=1S/C22H32N4O3/c1-4-5-19(27)13-25-8-10-26(11-9-25)14-21-24-20(15-29-21)22(28)23-18-7-6-16(2)17(3)12-18/h6-7,12,15,19,27H,4-5,8-11,13-14H2,1-3H3,(H,23,28)/t19-/m1/s1. The lowest BCUT2D eigenvalue weighted by Gasteiger charge is -2.34. The van der Waals surface area contributed by atoms with Crippen molar-refractivity contribution in [1.29, 1.82) is 0 Å². The smallest absolute Gasteiger partial charge is 0.277 e. The van der Waals surface area contributed by atoms with Gasteiger partial charge in [0.25, 0.3) is 5.91 Å². The van der Waals surface area contributed by atoms with Gasteiger partial charge in [0, 0.05) is 38.4 Å². The SMILES string of the molecule is CCC[C@@H](O)CN1CCN(Cc2nc(C(=O)Nc3ccc(C)c(C)c3)co2)CC1. The summed E-state index contributed by atoms with van der Waals surface area (Å²) in [4.78, 5) is 21.4. The maximum atomic E-state index is 12.4. The second-order valence-electron chi connectivity index (χ2n) is 7.90. The molecule has 0 saturated carbocycles. The molecular formula is C22H32N4O3. The number of hydrogen-bond acceptors (Lipinski definition) is 6. The van der Waals surface area contributed by atoms with Crippen molar-refractivity contribution in [1.82, 2.24) is 14.8 Å². The number of aromatic nitrogens is 1. The van der Waals surface area contributed by atoms with E-state index in [0.717, 1.165) is 56.8 Å². The number of aliphatic hydroxyl groups excluding tert-OH is 1. The van der Waals surface area contributed by atoms with Crippen LogP contribution in [-0.4, -0.2) is 64.6 Å². The van der Waals surface area contributed by atoms with E-state index in [0.29, 0.717) is 18.1 Å². The Morgan fingerprint density at radius 1 is 1.21 bits per heavy atom. The number of nitrogens with one attached hydrogen (secondary N) is 1. The van der Waals surface area contributed by atoms with Crippen LogP contribution in [0.3, 0.4) is 0 Å². The van der Waals surface area contributed by atoms with Gasteiger partial charge in [-0.05, 0) is 43.5 Å². The normalized spacial score (nSPS) is 16.7. The third-order valence-corrected chi connectivity index (χ3v) is 5.46. The van der Waals surface area contributed by atoms with Crippen LogP contribution in [-0.2, 0) is 6.54 Å². The van der Waals surface area contributed by atoms with E-state index < -0.39 is 0 Å². The highest BCUT2D eigenvalue weighted by Gasteiger charge is 2.21. The summed E-state index contributed by atoms with van der Waals surface area (Å²) in [7, 11) is 0. The van der Waals surface area contributed by atoms with Crippen molar-refractivity contribution < 1.29 is 14.3 Å². The van der Waals surface area contributed by atoms with Gasteiger partial charge in [-0.3, -0.25) is 14.6 Å². The minimum atomic E-state index is -0.266. The summed E-state index contributed by atoms with van der Waals surface area (Å²) in [6.07, 6.45) is 3.04. The van der Waals surface area contributed by atoms with Crippen molar-refractivity contribution >= 4 is 11.6 Å². The van der Waals surface area contributed by atoms with Crippen LogP contribution in [0.1, 0.15) is 47.3 Å². The van der Waals surface area contributed by atoms with E-state index in [-0.39, 0.29) is 12.0 Å². The van der Waals surface area contributed by atoms with Gasteiger partial charge in [0.2, 0.25) is 5.89 Å². The number of piperazine rings is 1. The van der Waals surface area contributed by atoms with Crippen molar-refractivity contribution in [3.05, 3.63) is 47.2 Å². The first-order valence-electron chi connectivity index (χ1n) is 10.4. The highest BCUT2D eigenvalue weighted by Crippen LogP contribution is 2.16. The molecule has 0 bridgehead atoms. The Hall–Kier alpha value is -2.22. The fourth-order valence-corrected chi connectivity index (χ4v) is 3.55. The zero-order valence-electron chi connectivity index (χ0n) is 17.6. The average Bonchev–Trinajstić information content (AvgIpc) is 3.15. The molecule has 0 unspecified atom stereocenters. The summed E-state index contributed by atoms with van der Waals surface area (Å²) >= 11 is 0. The Balaban J connectivity index is 1.48. The molecular weight excluding hydrogens is 368 g/mol. The first-order valence-corrected chi connectivity index (χ1v) is 10.4. The molecule has 0 aliphatic carbocycles. The maximum absolute atomic E-state index is 12.4. The quantitative estimate of drug-likeness (QED) is 0.709. The minimum absolute atomic E-state index is 0.239. The predicted octanol–water partition coefficient (Wildman–Crippen LogP) is 2.82. The molecule has 0 radical (unpaired) electrons. The minimum Gasteiger partial charge on any atom is -0.447 e. The molecule has 7 nitrogen and oxygen atoms in total. The number of carbonyl (C=O) groups is 1. The Labute approximate surface area is 172 Å². The van der Waals surface area contributed by atoms with E-state index in [1.165, 1.54) is 11.8 Å². The van der Waals surface area contributed by atoms with Crippen molar-refractivity contribution in [3.8, 4) is 0 Å². The number of nitrogens with zero attached hydrogens (tertiary/aromatic N) is 3. The van der Waals surface area contributed by atoms with Gasteiger partial charge in [0.1, 0.15) is 6.26 Å². The van der Waals surface area contributed by atoms with Crippen LogP contribution in [0.15, 0.2) is 28.9 Å². The van der Waals surface area contributed by atoms with Gasteiger partial charge in [0.15, 0.2) is 5.69 Å². The van der Waals surface area contributed by atoms with E-state index in [1.54, 1.807) is 0 Å². The summed E-state index contributed by atoms with van der Waals surface area (Å²) in [5.74, 6) is 0.285. The molecule has 1 aromatic carbocycles. The van der Waals surface area contributed by atoms with Crippen LogP contribution in [0.25, 0.3) is 0 Å². The number of benzene rings is 1. The predicted molar refractivity (Wildman–Crippen MR) is 113 cm³/mol. The third kappa shape index (κ3) is 6.13. The molecule has 2 N–H and O–H groups in total. The molecule has 7 heteroatoms. The monoisotopic (exact) mass is 400 g/mol. The average molecular weight is 401 g/mol. The second kappa shape index (κ2) is 10.0. The number of anilines is 1. The number of aryl methyl sites for hydroxylation is 2. The van der Waals surface area contributed by atoms with Gasteiger partial charge in [0.05, 0.1) is 12.6 Å². The fraction of sp³-hybridized carbons (Fsp3) is 0.545. The van der Waals surface area contributed by atoms with E-state index in [1.807, 2.05) is 32.0 Å². The molecule has 1 aliphatic heterocycles. The Kier molecular flexibility index (Phi) is 7.41. The van der Waals surface area contributed by atoms with E-state index >= 15 is 0 Å². The summed E-state index contributed by atoms with van der Waals surface area (Å²) in [5.41, 5.74) is 3.36. The first kappa shape index (κ1) is 21.5. The number of oxazole rings is 1. The van der Waals surface area contributed by atoms with Crippen molar-refractivity contribution in [2.24, 2.45) is 0 Å². The van der Waals surface area contributed by atoms with Crippen molar-refractivity contribution in [2.75, 3.05) is 38.0 Å². The van der Waals surface area contributed by atoms with Crippen molar-refractivity contribution in [2.45, 2.75) is 46.3 Å². The van der Waals surface area contributed by atoms with Gasteiger partial charge in [-0.2, -0.15) is 0 Å². The molecule has 29 heavy (non-hydrogen) atoms. The Morgan fingerprint density at radius 3 is 2.62 bits per heavy atom. The van der Waals surface area contributed by atoms with Gasteiger partial charge in [-0.25, -0.2) is 4.98 Å². The van der Waals surface area contributed by atoms with Crippen LogP contribution < -0.4 is 5.32 Å². The van der Waals surface area contributed by atoms with E-state index in [2.05, 4.69) is 27.0 Å². The molecule has 1 fully saturated rings. The largest absolute Gasteiger partial charge is 0.447 e. The van der Waals surface area contributed by atoms with Gasteiger partial charge < -0.3 is 14.8 Å². The molecule has 0 spiro atoms. The lowest BCUT2D eigenvalue weighted by Crippen LogP contribution is -2.48. The molecule has 3 rings (SSSR count). The van der Waals surface area contributed by atoms with E-state index in [4.69, 9.17) is 4.42 Å². The lowest BCUT2D eigenvalue weighted by molar-refractivity contribution is 0.0634. The first-order chi connectivity index (χ1) is 13.9. The number of carbonyl (C=O) groups excluding carboxylic acids is 1. The zero-order chi connectivity index (χ0) is 20.8. The zero-order valence-corrected chi connectivity index (χ0v) is 17.6. The number of rotatable bonds is 8. The molecule has 1 aromatic heterocycles. The summed E-state index contributed by atoms with van der Waals surface area (Å²) < 4.78 is 5.53. The lowest BCUT2D eigenvalue weighted by atomic mass is 10.1. The van der Waals surface area contributed by atoms with Crippen LogP contribution in [0.2, 0.25) is 0 Å². The summed E-state index contributed by atoms with van der Waals surface area (Å²) in [6.45, 7) is 11.1. The number of amides is 1. The van der Waals surface area contributed by atoms with E-state index in [9.17, 15) is 9.90 Å². The van der Waals surface area contributed by atoms with Gasteiger partial charge >= 0.3 is 0 Å². The highest BCUT2D eigenvalue weighted by atomic mass is 16.3. The van der Waals surface area contributed by atoms with Crippen LogP contribution in [0, 0.1) is 13.8 Å². The molecule has 158 valence electrons. The molecule has 1 aliphatic rings. The molecule has 1 amide bonds. The molecule has 1 atom stereocenters. The van der Waals surface area contributed by atoms with Gasteiger partial charge in [-0.15, -0.1) is 0 Å². The molecule has 1 saturated heterocycles. The number of aliphatic hydroxyl groups is 1. The topological polar surface area (TPSA) is 81.8 Å². The summed E-state index contributed by atoms with van der Waals surface area (Å²) in [5, 5.41) is 12.8. The number of β-amino-alcohol motifs (C(OH)–C–C–N with tert-alkyl or cyclic N) is 1. The molecule has 2 aromatic rings. The number of hydrogen-bond donors (Lipinski definition) is 2.